The molecule has 3 heteroatoms. The number of hydrogen-bond acceptors (Lipinski definition) is 3. The van der Waals surface area contributed by atoms with Gasteiger partial charge in [0.05, 0.1) is 13.2 Å². The molecule has 1 aromatic carbocycles. The Kier molecular flexibility index (Phi) is 4.04. The van der Waals surface area contributed by atoms with Gasteiger partial charge < -0.3 is 15.2 Å². The first kappa shape index (κ1) is 12.0. The van der Waals surface area contributed by atoms with Crippen molar-refractivity contribution >= 4 is 6.08 Å². The Balaban J connectivity index is 2.25. The van der Waals surface area contributed by atoms with Crippen molar-refractivity contribution in [1.82, 2.24) is 0 Å². The molecule has 92 valence electrons. The molecule has 1 aromatic rings. The van der Waals surface area contributed by atoms with Crippen molar-refractivity contribution < 1.29 is 9.47 Å². The summed E-state index contributed by atoms with van der Waals surface area (Å²) >= 11 is 0. The highest BCUT2D eigenvalue weighted by Crippen LogP contribution is 2.35. The zero-order valence-electron chi connectivity index (χ0n) is 10.2. The van der Waals surface area contributed by atoms with Gasteiger partial charge >= 0.3 is 0 Å². The third-order valence-corrected chi connectivity index (χ3v) is 3.00. The fourth-order valence-corrected chi connectivity index (χ4v) is 1.80. The lowest BCUT2D eigenvalue weighted by molar-refractivity contribution is 0.116. The van der Waals surface area contributed by atoms with Crippen LogP contribution in [0.4, 0.5) is 0 Å². The van der Waals surface area contributed by atoms with Crippen LogP contribution in [0.25, 0.3) is 6.08 Å². The predicted octanol–water partition coefficient (Wildman–Crippen LogP) is 2.60. The number of methoxy groups -OCH3 is 1. The average Bonchev–Trinajstić information content (AvgIpc) is 2.31. The van der Waals surface area contributed by atoms with Gasteiger partial charge in [0.1, 0.15) is 0 Å². The molecule has 1 aliphatic rings. The van der Waals surface area contributed by atoms with E-state index in [9.17, 15) is 0 Å². The number of ether oxygens (including phenoxy) is 2. The maximum Gasteiger partial charge on any atom is 0.168 e. The van der Waals surface area contributed by atoms with Crippen LogP contribution in [0.1, 0.15) is 24.8 Å². The van der Waals surface area contributed by atoms with E-state index in [1.165, 1.54) is 6.42 Å². The van der Waals surface area contributed by atoms with E-state index in [0.29, 0.717) is 12.6 Å². The van der Waals surface area contributed by atoms with Crippen molar-refractivity contribution in [2.24, 2.45) is 5.73 Å². The van der Waals surface area contributed by atoms with Crippen LogP contribution in [0.15, 0.2) is 24.3 Å². The number of rotatable bonds is 5. The SMILES string of the molecule is COc1cccc(/C=C/CN)c1OC1CCC1. The first-order chi connectivity index (χ1) is 8.35. The summed E-state index contributed by atoms with van der Waals surface area (Å²) in [5.74, 6) is 1.63. The normalized spacial score (nSPS) is 15.9. The lowest BCUT2D eigenvalue weighted by Crippen LogP contribution is -2.25. The summed E-state index contributed by atoms with van der Waals surface area (Å²) in [4.78, 5) is 0. The van der Waals surface area contributed by atoms with Crippen molar-refractivity contribution in [1.29, 1.82) is 0 Å². The lowest BCUT2D eigenvalue weighted by atomic mass is 9.96. The molecular formula is C14H19NO2. The van der Waals surface area contributed by atoms with E-state index in [0.717, 1.165) is 29.9 Å². The van der Waals surface area contributed by atoms with E-state index in [1.807, 2.05) is 30.4 Å². The number of nitrogens with two attached hydrogens (primary N) is 1. The van der Waals surface area contributed by atoms with Gasteiger partial charge in [0.15, 0.2) is 11.5 Å². The predicted molar refractivity (Wildman–Crippen MR) is 69.3 cm³/mol. The molecule has 1 aliphatic carbocycles. The molecule has 0 radical (unpaired) electrons. The van der Waals surface area contributed by atoms with E-state index >= 15 is 0 Å². The summed E-state index contributed by atoms with van der Waals surface area (Å²) in [6.07, 6.45) is 7.78. The van der Waals surface area contributed by atoms with E-state index in [4.69, 9.17) is 15.2 Å². The minimum absolute atomic E-state index is 0.344. The second-order valence-corrected chi connectivity index (χ2v) is 4.19. The van der Waals surface area contributed by atoms with E-state index in [-0.39, 0.29) is 0 Å². The first-order valence-corrected chi connectivity index (χ1v) is 6.05. The molecule has 0 atom stereocenters. The lowest BCUT2D eigenvalue weighted by Gasteiger charge is -2.28. The van der Waals surface area contributed by atoms with Gasteiger partial charge in [0.25, 0.3) is 0 Å². The Morgan fingerprint density at radius 1 is 1.41 bits per heavy atom. The second kappa shape index (κ2) is 5.73. The van der Waals surface area contributed by atoms with Crippen LogP contribution in [-0.2, 0) is 0 Å². The van der Waals surface area contributed by atoms with Gasteiger partial charge in [-0.05, 0) is 25.3 Å². The summed E-state index contributed by atoms with van der Waals surface area (Å²) in [6.45, 7) is 0.528. The van der Waals surface area contributed by atoms with Crippen LogP contribution >= 0.6 is 0 Å². The second-order valence-electron chi connectivity index (χ2n) is 4.19. The monoisotopic (exact) mass is 233 g/mol. The van der Waals surface area contributed by atoms with E-state index in [2.05, 4.69) is 0 Å². The molecule has 0 amide bonds. The molecule has 0 saturated heterocycles. The smallest absolute Gasteiger partial charge is 0.168 e. The van der Waals surface area contributed by atoms with Crippen LogP contribution in [0, 0.1) is 0 Å². The molecule has 0 unspecified atom stereocenters. The van der Waals surface area contributed by atoms with Gasteiger partial charge in [-0.25, -0.2) is 0 Å². The van der Waals surface area contributed by atoms with Crippen molar-refractivity contribution in [3.8, 4) is 11.5 Å². The van der Waals surface area contributed by atoms with Crippen LogP contribution in [0.2, 0.25) is 0 Å². The van der Waals surface area contributed by atoms with Crippen molar-refractivity contribution in [2.75, 3.05) is 13.7 Å². The fourth-order valence-electron chi connectivity index (χ4n) is 1.80. The van der Waals surface area contributed by atoms with Gasteiger partial charge in [0.2, 0.25) is 0 Å². The molecule has 17 heavy (non-hydrogen) atoms. The molecule has 0 aromatic heterocycles. The fraction of sp³-hybridized carbons (Fsp3) is 0.429. The Labute approximate surface area is 102 Å². The Bertz CT molecular complexity index is 397. The molecule has 1 fully saturated rings. The summed E-state index contributed by atoms with van der Waals surface area (Å²) in [5.41, 5.74) is 6.51. The molecular weight excluding hydrogens is 214 g/mol. The third kappa shape index (κ3) is 2.80. The van der Waals surface area contributed by atoms with Crippen molar-refractivity contribution in [2.45, 2.75) is 25.4 Å². The van der Waals surface area contributed by atoms with Gasteiger partial charge in [-0.3, -0.25) is 0 Å². The van der Waals surface area contributed by atoms with Gasteiger partial charge in [-0.15, -0.1) is 0 Å². The molecule has 1 saturated carbocycles. The highest BCUT2D eigenvalue weighted by molar-refractivity contribution is 5.62. The van der Waals surface area contributed by atoms with Crippen LogP contribution in [-0.4, -0.2) is 19.8 Å². The van der Waals surface area contributed by atoms with Crippen LogP contribution in [0.3, 0.4) is 0 Å². The van der Waals surface area contributed by atoms with Gasteiger partial charge in [0, 0.05) is 12.1 Å². The minimum atomic E-state index is 0.344. The topological polar surface area (TPSA) is 44.5 Å². The third-order valence-electron chi connectivity index (χ3n) is 3.00. The van der Waals surface area contributed by atoms with E-state index < -0.39 is 0 Å². The molecule has 2 rings (SSSR count). The Hall–Kier alpha value is -1.48. The Morgan fingerprint density at radius 2 is 2.24 bits per heavy atom. The van der Waals surface area contributed by atoms with Crippen LogP contribution in [0.5, 0.6) is 11.5 Å². The zero-order chi connectivity index (χ0) is 12.1. The molecule has 2 N–H and O–H groups in total. The summed E-state index contributed by atoms with van der Waals surface area (Å²) < 4.78 is 11.3. The maximum atomic E-state index is 5.98. The summed E-state index contributed by atoms with van der Waals surface area (Å²) in [5, 5.41) is 0. The molecule has 0 aliphatic heterocycles. The van der Waals surface area contributed by atoms with Gasteiger partial charge in [-0.1, -0.05) is 24.3 Å². The first-order valence-electron chi connectivity index (χ1n) is 6.05. The van der Waals surface area contributed by atoms with E-state index in [1.54, 1.807) is 7.11 Å². The number of para-hydroxylation sites is 1. The molecule has 0 spiro atoms. The highest BCUT2D eigenvalue weighted by atomic mass is 16.5. The van der Waals surface area contributed by atoms with Crippen LogP contribution < -0.4 is 15.2 Å². The standard InChI is InChI=1S/C14H19NO2/c1-16-13-9-2-5-11(6-4-10-15)14(13)17-12-7-3-8-12/h2,4-6,9,12H,3,7-8,10,15H2,1H3/b6-4+. The molecule has 0 heterocycles. The largest absolute Gasteiger partial charge is 0.493 e. The summed E-state index contributed by atoms with van der Waals surface area (Å²) in [6, 6.07) is 5.90. The van der Waals surface area contributed by atoms with Gasteiger partial charge in [-0.2, -0.15) is 0 Å². The molecule has 3 nitrogen and oxygen atoms in total. The van der Waals surface area contributed by atoms with Crippen molar-refractivity contribution in [3.63, 3.8) is 0 Å². The summed E-state index contributed by atoms with van der Waals surface area (Å²) in [7, 11) is 1.67. The molecule has 0 bridgehead atoms. The number of hydrogen-bond donors (Lipinski definition) is 1. The minimum Gasteiger partial charge on any atom is -0.493 e. The zero-order valence-corrected chi connectivity index (χ0v) is 10.2. The quantitative estimate of drug-likeness (QED) is 0.850. The highest BCUT2D eigenvalue weighted by Gasteiger charge is 2.21. The Morgan fingerprint density at radius 3 is 2.82 bits per heavy atom. The number of benzene rings is 1. The average molecular weight is 233 g/mol. The maximum absolute atomic E-state index is 5.98. The van der Waals surface area contributed by atoms with Crippen molar-refractivity contribution in [3.05, 3.63) is 29.8 Å².